The van der Waals surface area contributed by atoms with E-state index >= 15 is 0 Å². The van der Waals surface area contributed by atoms with Gasteiger partial charge in [0.05, 0.1) is 18.9 Å². The van der Waals surface area contributed by atoms with Gasteiger partial charge in [-0.05, 0) is 31.2 Å². The molecule has 7 nitrogen and oxygen atoms in total. The zero-order valence-electron chi connectivity index (χ0n) is 14.8. The van der Waals surface area contributed by atoms with Crippen molar-refractivity contribution in [1.29, 1.82) is 0 Å². The van der Waals surface area contributed by atoms with Crippen LogP contribution in [0.15, 0.2) is 30.3 Å². The summed E-state index contributed by atoms with van der Waals surface area (Å²) in [6.07, 6.45) is 2.44. The molecule has 1 aromatic rings. The molecule has 2 aliphatic carbocycles. The molecule has 0 aromatic heterocycles. The molecule has 1 aromatic carbocycles. The van der Waals surface area contributed by atoms with Gasteiger partial charge < -0.3 is 20.1 Å². The maximum Gasteiger partial charge on any atom is 0.407 e. The van der Waals surface area contributed by atoms with Crippen LogP contribution in [-0.2, 0) is 25.7 Å². The molecule has 0 unspecified atom stereocenters. The third kappa shape index (κ3) is 4.15. The summed E-state index contributed by atoms with van der Waals surface area (Å²) >= 11 is 0. The molecule has 0 heterocycles. The number of alkyl carbamates (subject to hydrolysis) is 1. The number of benzene rings is 1. The summed E-state index contributed by atoms with van der Waals surface area (Å²) in [5.74, 6) is -0.943. The standard InChI is InChI=1S/C19H24N2O5/c1-25-18(23)14-8-10-16(14)20-17(22)13-7-9-15(13)21-19(24)26-11-12-5-3-2-4-6-12/h2-6,13-16H,7-11H2,1H3,(H,20,22)(H,21,24)/t13-,14+,15+,16-/m0/s1. The van der Waals surface area contributed by atoms with Gasteiger partial charge in [-0.2, -0.15) is 0 Å². The third-order valence-corrected chi connectivity index (χ3v) is 5.23. The summed E-state index contributed by atoms with van der Waals surface area (Å²) < 4.78 is 9.94. The lowest BCUT2D eigenvalue weighted by atomic mass is 9.76. The highest BCUT2D eigenvalue weighted by molar-refractivity contribution is 5.83. The van der Waals surface area contributed by atoms with Crippen LogP contribution in [0.3, 0.4) is 0 Å². The quantitative estimate of drug-likeness (QED) is 0.754. The summed E-state index contributed by atoms with van der Waals surface area (Å²) in [6, 6.07) is 9.02. The lowest BCUT2D eigenvalue weighted by Crippen LogP contribution is -2.57. The molecule has 140 valence electrons. The van der Waals surface area contributed by atoms with Crippen molar-refractivity contribution in [3.05, 3.63) is 35.9 Å². The second-order valence-corrected chi connectivity index (χ2v) is 6.82. The van der Waals surface area contributed by atoms with Crippen molar-refractivity contribution in [2.75, 3.05) is 7.11 Å². The van der Waals surface area contributed by atoms with E-state index in [9.17, 15) is 14.4 Å². The number of nitrogens with one attached hydrogen (secondary N) is 2. The van der Waals surface area contributed by atoms with Crippen LogP contribution in [0.1, 0.15) is 31.2 Å². The monoisotopic (exact) mass is 360 g/mol. The summed E-state index contributed by atoms with van der Waals surface area (Å²) in [6.45, 7) is 0.194. The average Bonchev–Trinajstić information content (AvgIpc) is 2.61. The van der Waals surface area contributed by atoms with E-state index in [0.717, 1.165) is 24.8 Å². The van der Waals surface area contributed by atoms with Gasteiger partial charge in [0.15, 0.2) is 0 Å². The number of methoxy groups -OCH3 is 1. The fourth-order valence-corrected chi connectivity index (χ4v) is 3.30. The molecule has 7 heteroatoms. The highest BCUT2D eigenvalue weighted by atomic mass is 16.5. The largest absolute Gasteiger partial charge is 0.469 e. The molecule has 0 saturated heterocycles. The molecular weight excluding hydrogens is 336 g/mol. The predicted octanol–water partition coefficient (Wildman–Crippen LogP) is 1.76. The Morgan fingerprint density at radius 1 is 0.962 bits per heavy atom. The van der Waals surface area contributed by atoms with Gasteiger partial charge in [0.2, 0.25) is 5.91 Å². The Bertz CT molecular complexity index is 663. The predicted molar refractivity (Wildman–Crippen MR) is 92.9 cm³/mol. The van der Waals surface area contributed by atoms with E-state index in [1.807, 2.05) is 30.3 Å². The van der Waals surface area contributed by atoms with E-state index < -0.39 is 6.09 Å². The Morgan fingerprint density at radius 3 is 2.19 bits per heavy atom. The van der Waals surface area contributed by atoms with Crippen molar-refractivity contribution in [2.24, 2.45) is 11.8 Å². The summed E-state index contributed by atoms with van der Waals surface area (Å²) in [5, 5.41) is 5.67. The smallest absolute Gasteiger partial charge is 0.407 e. The number of carbonyl (C=O) groups excluding carboxylic acids is 3. The number of hydrogen-bond donors (Lipinski definition) is 2. The molecule has 0 aliphatic heterocycles. The number of rotatable bonds is 6. The summed E-state index contributed by atoms with van der Waals surface area (Å²) in [4.78, 5) is 35.9. The molecule has 2 fully saturated rings. The van der Waals surface area contributed by atoms with Gasteiger partial charge in [0.1, 0.15) is 6.61 Å². The van der Waals surface area contributed by atoms with Crippen molar-refractivity contribution in [3.63, 3.8) is 0 Å². The molecule has 0 radical (unpaired) electrons. The van der Waals surface area contributed by atoms with Gasteiger partial charge in [-0.1, -0.05) is 30.3 Å². The maximum atomic E-state index is 12.4. The fourth-order valence-electron chi connectivity index (χ4n) is 3.30. The summed E-state index contributed by atoms with van der Waals surface area (Å²) in [7, 11) is 1.35. The van der Waals surface area contributed by atoms with E-state index in [1.165, 1.54) is 7.11 Å². The average molecular weight is 360 g/mol. The van der Waals surface area contributed by atoms with Crippen LogP contribution in [0, 0.1) is 11.8 Å². The highest BCUT2D eigenvalue weighted by Gasteiger charge is 2.43. The zero-order chi connectivity index (χ0) is 18.5. The van der Waals surface area contributed by atoms with Gasteiger partial charge in [0, 0.05) is 12.1 Å². The van der Waals surface area contributed by atoms with Crippen molar-refractivity contribution in [3.8, 4) is 0 Å². The summed E-state index contributed by atoms with van der Waals surface area (Å²) in [5.41, 5.74) is 0.907. The van der Waals surface area contributed by atoms with Crippen LogP contribution in [-0.4, -0.2) is 37.2 Å². The van der Waals surface area contributed by atoms with E-state index in [2.05, 4.69) is 10.6 Å². The lowest BCUT2D eigenvalue weighted by molar-refractivity contribution is -0.150. The Kier molecular flexibility index (Phi) is 5.75. The number of amides is 2. The van der Waals surface area contributed by atoms with E-state index in [1.54, 1.807) is 0 Å². The van der Waals surface area contributed by atoms with E-state index in [-0.39, 0.29) is 42.4 Å². The number of esters is 1. The first kappa shape index (κ1) is 18.2. The second-order valence-electron chi connectivity index (χ2n) is 6.82. The minimum absolute atomic E-state index is 0.122. The molecule has 3 rings (SSSR count). The normalized spacial score (nSPS) is 26.7. The molecule has 0 bridgehead atoms. The third-order valence-electron chi connectivity index (χ3n) is 5.23. The first-order chi connectivity index (χ1) is 12.6. The Hall–Kier alpha value is -2.57. The van der Waals surface area contributed by atoms with Crippen LogP contribution in [0.4, 0.5) is 4.79 Å². The van der Waals surface area contributed by atoms with Crippen molar-refractivity contribution in [2.45, 2.75) is 44.4 Å². The minimum Gasteiger partial charge on any atom is -0.469 e. The second kappa shape index (κ2) is 8.21. The van der Waals surface area contributed by atoms with Crippen molar-refractivity contribution < 1.29 is 23.9 Å². The van der Waals surface area contributed by atoms with Crippen LogP contribution in [0.25, 0.3) is 0 Å². The first-order valence-electron chi connectivity index (χ1n) is 8.94. The fraction of sp³-hybridized carbons (Fsp3) is 0.526. The number of ether oxygens (including phenoxy) is 2. The molecule has 4 atom stereocenters. The van der Waals surface area contributed by atoms with Crippen LogP contribution in [0.2, 0.25) is 0 Å². The highest BCUT2D eigenvalue weighted by Crippen LogP contribution is 2.32. The maximum absolute atomic E-state index is 12.4. The lowest BCUT2D eigenvalue weighted by Gasteiger charge is -2.40. The van der Waals surface area contributed by atoms with Gasteiger partial charge in [-0.15, -0.1) is 0 Å². The molecule has 2 N–H and O–H groups in total. The number of hydrogen-bond acceptors (Lipinski definition) is 5. The molecular formula is C19H24N2O5. The SMILES string of the molecule is COC(=O)[C@@H]1CC[C@@H]1NC(=O)[C@H]1CC[C@H]1NC(=O)OCc1ccccc1. The van der Waals surface area contributed by atoms with Crippen LogP contribution < -0.4 is 10.6 Å². The molecule has 26 heavy (non-hydrogen) atoms. The van der Waals surface area contributed by atoms with Gasteiger partial charge >= 0.3 is 12.1 Å². The molecule has 2 amide bonds. The van der Waals surface area contributed by atoms with Gasteiger partial charge in [-0.25, -0.2) is 4.79 Å². The van der Waals surface area contributed by atoms with Gasteiger partial charge in [0.25, 0.3) is 0 Å². The number of carbonyl (C=O) groups is 3. The Balaban J connectivity index is 1.42. The van der Waals surface area contributed by atoms with Crippen LogP contribution in [0.5, 0.6) is 0 Å². The topological polar surface area (TPSA) is 93.7 Å². The van der Waals surface area contributed by atoms with Crippen molar-refractivity contribution in [1.82, 2.24) is 10.6 Å². The minimum atomic E-state index is -0.521. The first-order valence-corrected chi connectivity index (χ1v) is 8.94. The molecule has 2 aliphatic rings. The zero-order valence-corrected chi connectivity index (χ0v) is 14.8. The van der Waals surface area contributed by atoms with E-state index in [0.29, 0.717) is 6.42 Å². The Labute approximate surface area is 152 Å². The van der Waals surface area contributed by atoms with Gasteiger partial charge in [-0.3, -0.25) is 9.59 Å². The van der Waals surface area contributed by atoms with E-state index in [4.69, 9.17) is 9.47 Å². The molecule has 2 saturated carbocycles. The Morgan fingerprint density at radius 2 is 1.62 bits per heavy atom. The van der Waals surface area contributed by atoms with Crippen LogP contribution >= 0.6 is 0 Å². The molecule has 0 spiro atoms. The van der Waals surface area contributed by atoms with Crippen molar-refractivity contribution >= 4 is 18.0 Å².